The Hall–Kier alpha value is -1.74. The quantitative estimate of drug-likeness (QED) is 0.774. The molecule has 0 aliphatic rings. The van der Waals surface area contributed by atoms with Crippen LogP contribution in [-0.4, -0.2) is 52.1 Å². The fraction of sp³-hybridized carbons (Fsp3) is 0.417. The van der Waals surface area contributed by atoms with Crippen LogP contribution in [0.4, 0.5) is 14.5 Å². The zero-order valence-electron chi connectivity index (χ0n) is 11.2. The normalized spacial score (nSPS) is 11.6. The number of benzene rings is 1. The Bertz CT molecular complexity index is 574. The molecule has 21 heavy (non-hydrogen) atoms. The maximum Gasteiger partial charge on any atom is 0.341 e. The summed E-state index contributed by atoms with van der Waals surface area (Å²) in [5, 5.41) is 8.82. The number of hydrogen-bond donors (Lipinski definition) is 1. The Morgan fingerprint density at radius 2 is 1.90 bits per heavy atom. The largest absolute Gasteiger partial charge is 0.480 e. The van der Waals surface area contributed by atoms with Crippen LogP contribution in [0.2, 0.25) is 0 Å². The molecule has 0 aliphatic heterocycles. The average molecular weight is 323 g/mol. The predicted molar refractivity (Wildman–Crippen MR) is 71.4 cm³/mol. The highest BCUT2D eigenvalue weighted by atomic mass is 32.2. The summed E-state index contributed by atoms with van der Waals surface area (Å²) in [5.41, 5.74) is 0.405. The van der Waals surface area contributed by atoms with Gasteiger partial charge in [0.1, 0.15) is 6.54 Å². The zero-order valence-corrected chi connectivity index (χ0v) is 12.0. The van der Waals surface area contributed by atoms with E-state index in [1.54, 1.807) is 0 Å². The maximum atomic E-state index is 12.4. The predicted octanol–water partition coefficient (Wildman–Crippen LogP) is 1.22. The van der Waals surface area contributed by atoms with Crippen LogP contribution in [-0.2, 0) is 19.4 Å². The van der Waals surface area contributed by atoms with E-state index < -0.39 is 26.5 Å². The molecular weight excluding hydrogens is 308 g/mol. The van der Waals surface area contributed by atoms with E-state index in [2.05, 4.69) is 0 Å². The molecule has 1 aromatic rings. The summed E-state index contributed by atoms with van der Waals surface area (Å²) in [7, 11) is -3.20. The number of rotatable bonds is 8. The van der Waals surface area contributed by atoms with Crippen LogP contribution in [0.25, 0.3) is 0 Å². The molecule has 118 valence electrons. The van der Waals surface area contributed by atoms with Crippen molar-refractivity contribution in [2.45, 2.75) is 10.7 Å². The number of nitrogens with zero attached hydrogens (tertiary/aromatic N) is 1. The maximum absolute atomic E-state index is 12.4. The van der Waals surface area contributed by atoms with E-state index in [-0.39, 0.29) is 19.7 Å². The number of carboxylic acid groups (broad SMARTS) is 1. The van der Waals surface area contributed by atoms with E-state index in [9.17, 15) is 22.0 Å². The third-order valence-electron chi connectivity index (χ3n) is 2.66. The van der Waals surface area contributed by atoms with Gasteiger partial charge in [-0.25, -0.2) is 8.42 Å². The van der Waals surface area contributed by atoms with Crippen LogP contribution in [0.3, 0.4) is 0 Å². The molecule has 0 unspecified atom stereocenters. The van der Waals surface area contributed by atoms with Crippen molar-refractivity contribution in [1.29, 1.82) is 0 Å². The van der Waals surface area contributed by atoms with E-state index in [1.165, 1.54) is 24.1 Å². The molecule has 1 N–H and O–H groups in total. The number of sulfone groups is 1. The first-order valence-corrected chi connectivity index (χ1v) is 7.41. The topological polar surface area (TPSA) is 83.9 Å². The lowest BCUT2D eigenvalue weighted by atomic mass is 10.3. The van der Waals surface area contributed by atoms with Gasteiger partial charge >= 0.3 is 11.7 Å². The Morgan fingerprint density at radius 3 is 2.33 bits per heavy atom. The van der Waals surface area contributed by atoms with Gasteiger partial charge in [0.2, 0.25) is 9.84 Å². The Labute approximate surface area is 120 Å². The lowest BCUT2D eigenvalue weighted by Gasteiger charge is -2.22. The SMILES string of the molecule is COCCN(CC(=O)O)c1ccc(S(=O)(=O)C(F)F)cc1. The molecule has 0 amide bonds. The van der Waals surface area contributed by atoms with Gasteiger partial charge in [0.25, 0.3) is 0 Å². The number of carboxylic acids is 1. The van der Waals surface area contributed by atoms with Crippen LogP contribution < -0.4 is 4.90 Å². The first kappa shape index (κ1) is 17.3. The summed E-state index contributed by atoms with van der Waals surface area (Å²) in [6.07, 6.45) is 0. The van der Waals surface area contributed by atoms with Gasteiger partial charge in [-0.15, -0.1) is 0 Å². The van der Waals surface area contributed by atoms with Gasteiger partial charge in [0.15, 0.2) is 0 Å². The molecule has 0 aliphatic carbocycles. The van der Waals surface area contributed by atoms with E-state index in [4.69, 9.17) is 9.84 Å². The molecule has 1 aromatic carbocycles. The second-order valence-electron chi connectivity index (χ2n) is 4.11. The van der Waals surface area contributed by atoms with Gasteiger partial charge in [0.05, 0.1) is 11.5 Å². The Morgan fingerprint density at radius 1 is 1.33 bits per heavy atom. The molecule has 0 aromatic heterocycles. The number of ether oxygens (including phenoxy) is 1. The van der Waals surface area contributed by atoms with Crippen molar-refractivity contribution in [2.75, 3.05) is 31.7 Å². The van der Waals surface area contributed by atoms with Crippen molar-refractivity contribution in [3.63, 3.8) is 0 Å². The minimum Gasteiger partial charge on any atom is -0.480 e. The van der Waals surface area contributed by atoms with Gasteiger partial charge < -0.3 is 14.7 Å². The molecule has 0 heterocycles. The number of anilines is 1. The molecule has 0 radical (unpaired) electrons. The standard InChI is InChI=1S/C12H15F2NO5S/c1-20-7-6-15(8-11(16)17)9-2-4-10(5-3-9)21(18,19)12(13)14/h2-5,12H,6-8H2,1H3,(H,16,17). The minimum atomic E-state index is -4.65. The summed E-state index contributed by atoms with van der Waals surface area (Å²) >= 11 is 0. The molecule has 6 nitrogen and oxygen atoms in total. The number of methoxy groups -OCH3 is 1. The minimum absolute atomic E-state index is 0.268. The van der Waals surface area contributed by atoms with Crippen molar-refractivity contribution < 1.29 is 31.8 Å². The fourth-order valence-electron chi connectivity index (χ4n) is 1.61. The summed E-state index contributed by atoms with van der Waals surface area (Å²) < 4.78 is 52.2. The van der Waals surface area contributed by atoms with E-state index in [1.807, 2.05) is 0 Å². The second-order valence-corrected chi connectivity index (χ2v) is 6.03. The number of carbonyl (C=O) groups is 1. The van der Waals surface area contributed by atoms with Gasteiger partial charge in [-0.3, -0.25) is 4.79 Å². The van der Waals surface area contributed by atoms with Crippen LogP contribution in [0.5, 0.6) is 0 Å². The van der Waals surface area contributed by atoms with Crippen molar-refractivity contribution in [1.82, 2.24) is 0 Å². The van der Waals surface area contributed by atoms with Crippen molar-refractivity contribution in [2.24, 2.45) is 0 Å². The van der Waals surface area contributed by atoms with Crippen molar-refractivity contribution >= 4 is 21.5 Å². The van der Waals surface area contributed by atoms with Crippen LogP contribution in [0, 0.1) is 0 Å². The molecular formula is C12H15F2NO5S. The average Bonchev–Trinajstić information content (AvgIpc) is 2.43. The number of aliphatic carboxylic acids is 1. The third-order valence-corrected chi connectivity index (χ3v) is 4.05. The number of alkyl halides is 2. The summed E-state index contributed by atoms with van der Waals surface area (Å²) in [4.78, 5) is 11.7. The van der Waals surface area contributed by atoms with Crippen molar-refractivity contribution in [3.8, 4) is 0 Å². The molecule has 9 heteroatoms. The van der Waals surface area contributed by atoms with Crippen molar-refractivity contribution in [3.05, 3.63) is 24.3 Å². The first-order chi connectivity index (χ1) is 9.78. The summed E-state index contributed by atoms with van der Waals surface area (Å²) in [6, 6.07) is 4.62. The molecule has 0 atom stereocenters. The second kappa shape index (κ2) is 7.32. The molecule has 1 rings (SSSR count). The summed E-state index contributed by atoms with van der Waals surface area (Å²) in [6.45, 7) is 0.221. The van der Waals surface area contributed by atoms with Gasteiger partial charge in [0, 0.05) is 19.3 Å². The van der Waals surface area contributed by atoms with E-state index in [0.29, 0.717) is 5.69 Å². The molecule has 0 bridgehead atoms. The lowest BCUT2D eigenvalue weighted by molar-refractivity contribution is -0.135. The summed E-state index contributed by atoms with van der Waals surface area (Å²) in [5.74, 6) is -4.57. The van der Waals surface area contributed by atoms with Crippen LogP contribution in [0.1, 0.15) is 0 Å². The lowest BCUT2D eigenvalue weighted by Crippen LogP contribution is -2.32. The van der Waals surface area contributed by atoms with Gasteiger partial charge in [-0.1, -0.05) is 0 Å². The highest BCUT2D eigenvalue weighted by Crippen LogP contribution is 2.22. The van der Waals surface area contributed by atoms with Crippen LogP contribution in [0.15, 0.2) is 29.2 Å². The molecule has 0 spiro atoms. The molecule has 0 fully saturated rings. The highest BCUT2D eigenvalue weighted by Gasteiger charge is 2.26. The number of hydrogen-bond acceptors (Lipinski definition) is 5. The van der Waals surface area contributed by atoms with Gasteiger partial charge in [-0.05, 0) is 24.3 Å². The Balaban J connectivity index is 2.99. The monoisotopic (exact) mass is 323 g/mol. The third kappa shape index (κ3) is 4.64. The van der Waals surface area contributed by atoms with E-state index >= 15 is 0 Å². The molecule has 0 saturated carbocycles. The van der Waals surface area contributed by atoms with E-state index in [0.717, 1.165) is 12.1 Å². The highest BCUT2D eigenvalue weighted by molar-refractivity contribution is 7.91. The molecule has 0 saturated heterocycles. The Kier molecular flexibility index (Phi) is 6.03. The van der Waals surface area contributed by atoms with Crippen LogP contribution >= 0.6 is 0 Å². The fourth-order valence-corrected chi connectivity index (χ4v) is 2.33. The smallest absolute Gasteiger partial charge is 0.341 e. The van der Waals surface area contributed by atoms with Gasteiger partial charge in [-0.2, -0.15) is 8.78 Å². The number of halogens is 2. The first-order valence-electron chi connectivity index (χ1n) is 5.87. The zero-order chi connectivity index (χ0) is 16.0.